The van der Waals surface area contributed by atoms with E-state index < -0.39 is 0 Å². The van der Waals surface area contributed by atoms with Gasteiger partial charge in [-0.15, -0.1) is 12.4 Å². The van der Waals surface area contributed by atoms with Crippen molar-refractivity contribution in [2.75, 3.05) is 19.7 Å². The summed E-state index contributed by atoms with van der Waals surface area (Å²) in [6.07, 6.45) is 2.21. The zero-order valence-corrected chi connectivity index (χ0v) is 11.6. The summed E-state index contributed by atoms with van der Waals surface area (Å²) >= 11 is 6.15. The number of hydrogen-bond acceptors (Lipinski definition) is 2. The van der Waals surface area contributed by atoms with Gasteiger partial charge < -0.3 is 10.1 Å². The second-order valence-corrected chi connectivity index (χ2v) is 4.70. The first-order valence-corrected chi connectivity index (χ1v) is 6.29. The summed E-state index contributed by atoms with van der Waals surface area (Å²) in [5.74, 6) is 1.44. The molecular formula is C13H19Cl2NO. The smallest absolute Gasteiger partial charge is 0.137 e. The molecule has 96 valence electrons. The Morgan fingerprint density at radius 3 is 2.88 bits per heavy atom. The molecule has 0 spiro atoms. The maximum absolute atomic E-state index is 6.15. The van der Waals surface area contributed by atoms with Crippen molar-refractivity contribution < 1.29 is 4.74 Å². The van der Waals surface area contributed by atoms with Crippen LogP contribution in [0.5, 0.6) is 5.75 Å². The van der Waals surface area contributed by atoms with Crippen LogP contribution in [0, 0.1) is 5.92 Å². The summed E-state index contributed by atoms with van der Waals surface area (Å²) in [5.41, 5.74) is 1.25. The first-order valence-electron chi connectivity index (χ1n) is 5.91. The van der Waals surface area contributed by atoms with Gasteiger partial charge in [0, 0.05) is 12.5 Å². The predicted octanol–water partition coefficient (Wildman–Crippen LogP) is 3.31. The van der Waals surface area contributed by atoms with E-state index in [0.717, 1.165) is 36.9 Å². The van der Waals surface area contributed by atoms with Crippen LogP contribution in [0.25, 0.3) is 0 Å². The topological polar surface area (TPSA) is 21.3 Å². The lowest BCUT2D eigenvalue weighted by Crippen LogP contribution is -2.15. The Balaban J connectivity index is 0.00000144. The maximum Gasteiger partial charge on any atom is 0.137 e. The van der Waals surface area contributed by atoms with Crippen molar-refractivity contribution in [3.8, 4) is 5.75 Å². The third kappa shape index (κ3) is 4.06. The van der Waals surface area contributed by atoms with Crippen LogP contribution in [0.3, 0.4) is 0 Å². The van der Waals surface area contributed by atoms with Gasteiger partial charge in [-0.05, 0) is 37.1 Å². The van der Waals surface area contributed by atoms with E-state index in [1.807, 2.05) is 12.1 Å². The van der Waals surface area contributed by atoms with Crippen LogP contribution in [0.2, 0.25) is 5.02 Å². The Hall–Kier alpha value is -0.440. The predicted molar refractivity (Wildman–Crippen MR) is 74.5 cm³/mol. The lowest BCUT2D eigenvalue weighted by atomic mass is 10.1. The van der Waals surface area contributed by atoms with Gasteiger partial charge in [-0.1, -0.05) is 24.6 Å². The van der Waals surface area contributed by atoms with E-state index in [2.05, 4.69) is 18.3 Å². The van der Waals surface area contributed by atoms with E-state index in [1.165, 1.54) is 12.0 Å². The fraction of sp³-hybridized carbons (Fsp3) is 0.538. The molecule has 17 heavy (non-hydrogen) atoms. The van der Waals surface area contributed by atoms with Crippen molar-refractivity contribution in [2.24, 2.45) is 5.92 Å². The average molecular weight is 276 g/mol. The highest BCUT2D eigenvalue weighted by Crippen LogP contribution is 2.26. The molecule has 1 aromatic rings. The number of benzene rings is 1. The van der Waals surface area contributed by atoms with Crippen LogP contribution < -0.4 is 10.1 Å². The molecule has 0 bridgehead atoms. The minimum absolute atomic E-state index is 0. The molecule has 1 N–H and O–H groups in total. The third-order valence-corrected chi connectivity index (χ3v) is 3.34. The van der Waals surface area contributed by atoms with Gasteiger partial charge in [0.25, 0.3) is 0 Å². The van der Waals surface area contributed by atoms with Gasteiger partial charge in [0.1, 0.15) is 5.75 Å². The SMILES string of the molecule is CCc1ccc(OCC2CCNC2)c(Cl)c1.Cl. The van der Waals surface area contributed by atoms with E-state index in [4.69, 9.17) is 16.3 Å². The Kier molecular flexibility index (Phi) is 6.10. The number of nitrogens with one attached hydrogen (secondary N) is 1. The molecule has 0 aromatic heterocycles. The summed E-state index contributed by atoms with van der Waals surface area (Å²) in [5, 5.41) is 4.06. The molecule has 2 nitrogen and oxygen atoms in total. The molecule has 2 rings (SSSR count). The molecule has 1 atom stereocenters. The summed E-state index contributed by atoms with van der Waals surface area (Å²) in [7, 11) is 0. The maximum atomic E-state index is 6.15. The molecule has 1 aliphatic rings. The number of ether oxygens (including phenoxy) is 1. The van der Waals surface area contributed by atoms with Crippen LogP contribution in [0.4, 0.5) is 0 Å². The van der Waals surface area contributed by atoms with E-state index in [9.17, 15) is 0 Å². The molecule has 1 unspecified atom stereocenters. The molecule has 0 saturated carbocycles. The van der Waals surface area contributed by atoms with E-state index in [-0.39, 0.29) is 12.4 Å². The van der Waals surface area contributed by atoms with E-state index in [0.29, 0.717) is 5.92 Å². The molecule has 0 amide bonds. The number of rotatable bonds is 4. The Morgan fingerprint density at radius 2 is 2.29 bits per heavy atom. The highest BCUT2D eigenvalue weighted by molar-refractivity contribution is 6.32. The lowest BCUT2D eigenvalue weighted by molar-refractivity contribution is 0.260. The Morgan fingerprint density at radius 1 is 1.47 bits per heavy atom. The van der Waals surface area contributed by atoms with Crippen molar-refractivity contribution in [3.63, 3.8) is 0 Å². The van der Waals surface area contributed by atoms with Gasteiger partial charge in [0.2, 0.25) is 0 Å². The molecule has 0 aliphatic carbocycles. The zero-order valence-electron chi connectivity index (χ0n) is 10.0. The number of aryl methyl sites for hydroxylation is 1. The van der Waals surface area contributed by atoms with Crippen molar-refractivity contribution in [3.05, 3.63) is 28.8 Å². The molecule has 1 saturated heterocycles. The lowest BCUT2D eigenvalue weighted by Gasteiger charge is -2.12. The van der Waals surface area contributed by atoms with E-state index >= 15 is 0 Å². The van der Waals surface area contributed by atoms with Gasteiger partial charge in [0.05, 0.1) is 11.6 Å². The highest BCUT2D eigenvalue weighted by Gasteiger charge is 2.15. The first kappa shape index (κ1) is 14.6. The normalized spacial score (nSPS) is 18.8. The molecular weight excluding hydrogens is 257 g/mol. The summed E-state index contributed by atoms with van der Waals surface area (Å²) < 4.78 is 5.75. The Bertz CT molecular complexity index is 351. The fourth-order valence-electron chi connectivity index (χ4n) is 1.95. The molecule has 1 aliphatic heterocycles. The quantitative estimate of drug-likeness (QED) is 0.911. The van der Waals surface area contributed by atoms with Crippen molar-refractivity contribution in [2.45, 2.75) is 19.8 Å². The van der Waals surface area contributed by atoms with Crippen LogP contribution in [0.15, 0.2) is 18.2 Å². The second-order valence-electron chi connectivity index (χ2n) is 4.29. The van der Waals surface area contributed by atoms with Crippen LogP contribution in [-0.4, -0.2) is 19.7 Å². The molecule has 1 heterocycles. The van der Waals surface area contributed by atoms with Crippen LogP contribution >= 0.6 is 24.0 Å². The second kappa shape index (κ2) is 7.10. The van der Waals surface area contributed by atoms with Crippen molar-refractivity contribution >= 4 is 24.0 Å². The minimum atomic E-state index is 0. The number of hydrogen-bond donors (Lipinski definition) is 1. The molecule has 0 radical (unpaired) electrons. The minimum Gasteiger partial charge on any atom is -0.492 e. The fourth-order valence-corrected chi connectivity index (χ4v) is 2.20. The van der Waals surface area contributed by atoms with Gasteiger partial charge in [-0.2, -0.15) is 0 Å². The highest BCUT2D eigenvalue weighted by atomic mass is 35.5. The van der Waals surface area contributed by atoms with E-state index in [1.54, 1.807) is 0 Å². The number of halogens is 2. The van der Waals surface area contributed by atoms with Gasteiger partial charge in [-0.25, -0.2) is 0 Å². The third-order valence-electron chi connectivity index (χ3n) is 3.04. The average Bonchev–Trinajstić information content (AvgIpc) is 2.80. The van der Waals surface area contributed by atoms with Crippen LogP contribution in [0.1, 0.15) is 18.9 Å². The van der Waals surface area contributed by atoms with Gasteiger partial charge >= 0.3 is 0 Å². The molecule has 4 heteroatoms. The Labute approximate surface area is 114 Å². The first-order chi connectivity index (χ1) is 7.79. The molecule has 1 aromatic carbocycles. The largest absolute Gasteiger partial charge is 0.492 e. The van der Waals surface area contributed by atoms with Crippen molar-refractivity contribution in [1.82, 2.24) is 5.32 Å². The van der Waals surface area contributed by atoms with Gasteiger partial charge in [0.15, 0.2) is 0 Å². The summed E-state index contributed by atoms with van der Waals surface area (Å²) in [4.78, 5) is 0. The summed E-state index contributed by atoms with van der Waals surface area (Å²) in [6.45, 7) is 5.05. The van der Waals surface area contributed by atoms with Crippen molar-refractivity contribution in [1.29, 1.82) is 0 Å². The zero-order chi connectivity index (χ0) is 11.4. The van der Waals surface area contributed by atoms with Crippen LogP contribution in [-0.2, 0) is 6.42 Å². The summed E-state index contributed by atoms with van der Waals surface area (Å²) in [6, 6.07) is 6.04. The molecule has 1 fully saturated rings. The van der Waals surface area contributed by atoms with Gasteiger partial charge in [-0.3, -0.25) is 0 Å². The monoisotopic (exact) mass is 275 g/mol. The standard InChI is InChI=1S/C13H18ClNO.ClH/c1-2-10-3-4-13(12(14)7-10)16-9-11-5-6-15-8-11;/h3-4,7,11,15H,2,5-6,8-9H2,1H3;1H.